The first-order valence-corrected chi connectivity index (χ1v) is 8.10. The van der Waals surface area contributed by atoms with Crippen LogP contribution in [0.15, 0.2) is 24.3 Å². The Morgan fingerprint density at radius 3 is 3.00 bits per heavy atom. The molecular formula is C17H25N3O. The van der Waals surface area contributed by atoms with Crippen molar-refractivity contribution < 1.29 is 4.74 Å². The monoisotopic (exact) mass is 287 g/mol. The molecule has 1 aliphatic rings. The van der Waals surface area contributed by atoms with E-state index in [2.05, 4.69) is 41.9 Å². The lowest BCUT2D eigenvalue weighted by molar-refractivity contribution is 0.0871. The van der Waals surface area contributed by atoms with Crippen LogP contribution in [0.1, 0.15) is 32.5 Å². The molecule has 0 aliphatic carbocycles. The van der Waals surface area contributed by atoms with Crippen LogP contribution >= 0.6 is 0 Å². The van der Waals surface area contributed by atoms with Gasteiger partial charge in [-0.05, 0) is 37.8 Å². The summed E-state index contributed by atoms with van der Waals surface area (Å²) >= 11 is 0. The molecule has 2 heterocycles. The molecule has 1 N–H and O–H groups in total. The summed E-state index contributed by atoms with van der Waals surface area (Å²) in [7, 11) is 0. The predicted octanol–water partition coefficient (Wildman–Crippen LogP) is 2.96. The number of aryl methyl sites for hydroxylation is 1. The highest BCUT2D eigenvalue weighted by atomic mass is 16.5. The lowest BCUT2D eigenvalue weighted by Gasteiger charge is -2.17. The smallest absolute Gasteiger partial charge is 0.123 e. The van der Waals surface area contributed by atoms with Gasteiger partial charge in [0, 0.05) is 19.7 Å². The predicted molar refractivity (Wildman–Crippen MR) is 85.3 cm³/mol. The van der Waals surface area contributed by atoms with Crippen molar-refractivity contribution in [3.8, 4) is 0 Å². The normalized spacial score (nSPS) is 22.2. The molecule has 0 spiro atoms. The first-order chi connectivity index (χ1) is 10.3. The topological polar surface area (TPSA) is 39.1 Å². The molecule has 4 nitrogen and oxygen atoms in total. The minimum atomic E-state index is 0.433. The molecule has 1 saturated heterocycles. The van der Waals surface area contributed by atoms with E-state index < -0.39 is 0 Å². The third-order valence-corrected chi connectivity index (χ3v) is 4.49. The van der Waals surface area contributed by atoms with Crippen LogP contribution in [-0.4, -0.2) is 28.8 Å². The molecule has 2 aromatic rings. The number of rotatable bonds is 6. The summed E-state index contributed by atoms with van der Waals surface area (Å²) in [6.45, 7) is 8.11. The average Bonchev–Trinajstić information content (AvgIpc) is 3.10. The Labute approximate surface area is 126 Å². The zero-order valence-electron chi connectivity index (χ0n) is 13.0. The molecule has 2 atom stereocenters. The molecule has 0 bridgehead atoms. The van der Waals surface area contributed by atoms with Gasteiger partial charge in [-0.3, -0.25) is 0 Å². The van der Waals surface area contributed by atoms with Gasteiger partial charge in [0.2, 0.25) is 0 Å². The number of fused-ring (bicyclic) bond motifs is 1. The second-order valence-corrected chi connectivity index (χ2v) is 5.76. The van der Waals surface area contributed by atoms with Crippen molar-refractivity contribution in [2.24, 2.45) is 5.92 Å². The van der Waals surface area contributed by atoms with Gasteiger partial charge in [0.25, 0.3) is 0 Å². The molecule has 0 saturated carbocycles. The van der Waals surface area contributed by atoms with Crippen molar-refractivity contribution in [3.05, 3.63) is 30.1 Å². The molecule has 21 heavy (non-hydrogen) atoms. The standard InChI is InChI=1S/C17H25N3O/c1-3-16-13(9-10-21-16)11-18-12-17-19-14-7-5-6-8-15(14)20(17)4-2/h5-8,13,16,18H,3-4,9-12H2,1-2H3. The Hall–Kier alpha value is -1.39. The number of aromatic nitrogens is 2. The minimum Gasteiger partial charge on any atom is -0.378 e. The fraction of sp³-hybridized carbons (Fsp3) is 0.588. The third kappa shape index (κ3) is 2.97. The first kappa shape index (κ1) is 14.5. The molecular weight excluding hydrogens is 262 g/mol. The molecule has 1 aliphatic heterocycles. The van der Waals surface area contributed by atoms with Crippen LogP contribution < -0.4 is 5.32 Å². The van der Waals surface area contributed by atoms with E-state index in [-0.39, 0.29) is 0 Å². The zero-order chi connectivity index (χ0) is 14.7. The number of hydrogen-bond acceptors (Lipinski definition) is 3. The SMILES string of the molecule is CCC1OCCC1CNCc1nc2ccccc2n1CC. The summed E-state index contributed by atoms with van der Waals surface area (Å²) in [4.78, 5) is 4.76. The quantitative estimate of drug-likeness (QED) is 0.888. The number of para-hydroxylation sites is 2. The number of imidazole rings is 1. The molecule has 4 heteroatoms. The molecule has 0 radical (unpaired) electrons. The summed E-state index contributed by atoms with van der Waals surface area (Å²) < 4.78 is 8.05. The van der Waals surface area contributed by atoms with Gasteiger partial charge in [-0.2, -0.15) is 0 Å². The molecule has 2 unspecified atom stereocenters. The van der Waals surface area contributed by atoms with Crippen molar-refractivity contribution >= 4 is 11.0 Å². The van der Waals surface area contributed by atoms with Crippen molar-refractivity contribution in [2.75, 3.05) is 13.2 Å². The fourth-order valence-electron chi connectivity index (χ4n) is 3.36. The Morgan fingerprint density at radius 1 is 1.33 bits per heavy atom. The summed E-state index contributed by atoms with van der Waals surface area (Å²) in [6.07, 6.45) is 2.72. The summed E-state index contributed by atoms with van der Waals surface area (Å²) in [6, 6.07) is 8.36. The largest absolute Gasteiger partial charge is 0.378 e. The number of nitrogens with zero attached hydrogens (tertiary/aromatic N) is 2. The van der Waals surface area contributed by atoms with Crippen LogP contribution in [0.25, 0.3) is 11.0 Å². The van der Waals surface area contributed by atoms with E-state index in [0.29, 0.717) is 12.0 Å². The van der Waals surface area contributed by atoms with E-state index in [1.807, 2.05) is 6.07 Å². The highest BCUT2D eigenvalue weighted by Gasteiger charge is 2.26. The van der Waals surface area contributed by atoms with Crippen LogP contribution in [0.4, 0.5) is 0 Å². The highest BCUT2D eigenvalue weighted by molar-refractivity contribution is 5.75. The van der Waals surface area contributed by atoms with Crippen molar-refractivity contribution in [1.29, 1.82) is 0 Å². The lowest BCUT2D eigenvalue weighted by Crippen LogP contribution is -2.28. The van der Waals surface area contributed by atoms with E-state index in [9.17, 15) is 0 Å². The van der Waals surface area contributed by atoms with E-state index in [4.69, 9.17) is 9.72 Å². The number of ether oxygens (including phenoxy) is 1. The Bertz CT molecular complexity index is 593. The van der Waals surface area contributed by atoms with Crippen molar-refractivity contribution in [1.82, 2.24) is 14.9 Å². The first-order valence-electron chi connectivity index (χ1n) is 8.10. The molecule has 0 amide bonds. The van der Waals surface area contributed by atoms with E-state index in [0.717, 1.165) is 44.0 Å². The summed E-state index contributed by atoms with van der Waals surface area (Å²) in [5, 5.41) is 3.58. The van der Waals surface area contributed by atoms with Gasteiger partial charge >= 0.3 is 0 Å². The summed E-state index contributed by atoms with van der Waals surface area (Å²) in [5.41, 5.74) is 2.32. The lowest BCUT2D eigenvalue weighted by atomic mass is 10.00. The molecule has 114 valence electrons. The molecule has 1 aromatic carbocycles. The maximum Gasteiger partial charge on any atom is 0.123 e. The average molecular weight is 287 g/mol. The van der Waals surface area contributed by atoms with E-state index >= 15 is 0 Å². The maximum atomic E-state index is 5.75. The number of nitrogens with one attached hydrogen (secondary N) is 1. The second-order valence-electron chi connectivity index (χ2n) is 5.76. The van der Waals surface area contributed by atoms with Gasteiger partial charge in [0.1, 0.15) is 5.82 Å². The van der Waals surface area contributed by atoms with Gasteiger partial charge in [0.15, 0.2) is 0 Å². The number of hydrogen-bond donors (Lipinski definition) is 1. The van der Waals surface area contributed by atoms with Crippen LogP contribution in [-0.2, 0) is 17.8 Å². The van der Waals surface area contributed by atoms with Crippen LogP contribution in [0, 0.1) is 5.92 Å². The third-order valence-electron chi connectivity index (χ3n) is 4.49. The fourth-order valence-corrected chi connectivity index (χ4v) is 3.36. The van der Waals surface area contributed by atoms with Crippen LogP contribution in [0.2, 0.25) is 0 Å². The van der Waals surface area contributed by atoms with Crippen molar-refractivity contribution in [3.63, 3.8) is 0 Å². The van der Waals surface area contributed by atoms with Crippen molar-refractivity contribution in [2.45, 2.75) is 45.9 Å². The van der Waals surface area contributed by atoms with E-state index in [1.165, 1.54) is 11.9 Å². The molecule has 1 aromatic heterocycles. The Balaban J connectivity index is 1.65. The van der Waals surface area contributed by atoms with Gasteiger partial charge in [-0.25, -0.2) is 4.98 Å². The van der Waals surface area contributed by atoms with Crippen LogP contribution in [0.5, 0.6) is 0 Å². The highest BCUT2D eigenvalue weighted by Crippen LogP contribution is 2.22. The van der Waals surface area contributed by atoms with Gasteiger partial charge < -0.3 is 14.6 Å². The van der Waals surface area contributed by atoms with Gasteiger partial charge in [-0.15, -0.1) is 0 Å². The van der Waals surface area contributed by atoms with Gasteiger partial charge in [0.05, 0.1) is 23.7 Å². The van der Waals surface area contributed by atoms with Gasteiger partial charge in [-0.1, -0.05) is 19.1 Å². The zero-order valence-corrected chi connectivity index (χ0v) is 13.0. The minimum absolute atomic E-state index is 0.433. The Kier molecular flexibility index (Phi) is 4.56. The van der Waals surface area contributed by atoms with Crippen LogP contribution in [0.3, 0.4) is 0 Å². The Morgan fingerprint density at radius 2 is 2.19 bits per heavy atom. The maximum absolute atomic E-state index is 5.75. The summed E-state index contributed by atoms with van der Waals surface area (Å²) in [5.74, 6) is 1.78. The number of benzene rings is 1. The second kappa shape index (κ2) is 6.58. The van der Waals surface area contributed by atoms with E-state index in [1.54, 1.807) is 0 Å². The molecule has 3 rings (SSSR count). The molecule has 1 fully saturated rings.